The molecule has 0 atom stereocenters. The molecule has 1 aromatic carbocycles. The number of hydrogen-bond acceptors (Lipinski definition) is 2. The van der Waals surface area contributed by atoms with E-state index < -0.39 is 0 Å². The molecule has 0 aromatic heterocycles. The highest BCUT2D eigenvalue weighted by molar-refractivity contribution is 5.62. The van der Waals surface area contributed by atoms with E-state index in [1.807, 2.05) is 6.07 Å². The maximum Gasteiger partial charge on any atom is 0.0419 e. The van der Waals surface area contributed by atoms with E-state index in [1.165, 1.54) is 69.3 Å². The second-order valence-electron chi connectivity index (χ2n) is 5.39. The summed E-state index contributed by atoms with van der Waals surface area (Å²) < 4.78 is 0. The van der Waals surface area contributed by atoms with Gasteiger partial charge in [0, 0.05) is 24.5 Å². The Kier molecular flexibility index (Phi) is 4.91. The van der Waals surface area contributed by atoms with Gasteiger partial charge in [-0.25, -0.2) is 0 Å². The van der Waals surface area contributed by atoms with Gasteiger partial charge in [-0.1, -0.05) is 38.7 Å². The van der Waals surface area contributed by atoms with Crippen LogP contribution in [-0.2, 0) is 6.42 Å². The highest BCUT2D eigenvalue weighted by Gasteiger charge is 2.16. The van der Waals surface area contributed by atoms with Crippen molar-refractivity contribution < 1.29 is 0 Å². The number of anilines is 2. The molecule has 2 nitrogen and oxygen atoms in total. The van der Waals surface area contributed by atoms with E-state index in [1.54, 1.807) is 0 Å². The van der Waals surface area contributed by atoms with Crippen LogP contribution in [0.3, 0.4) is 0 Å². The third-order valence-corrected chi connectivity index (χ3v) is 3.86. The summed E-state index contributed by atoms with van der Waals surface area (Å²) in [5, 5.41) is 0. The average Bonchev–Trinajstić information content (AvgIpc) is 2.39. The van der Waals surface area contributed by atoms with Crippen LogP contribution in [0.5, 0.6) is 0 Å². The molecule has 0 saturated heterocycles. The van der Waals surface area contributed by atoms with E-state index in [2.05, 4.69) is 24.0 Å². The minimum atomic E-state index is 0.895. The molecule has 0 aliphatic carbocycles. The summed E-state index contributed by atoms with van der Waals surface area (Å²) in [6, 6.07) is 6.39. The minimum Gasteiger partial charge on any atom is -0.399 e. The maximum absolute atomic E-state index is 5.91. The number of benzene rings is 1. The van der Waals surface area contributed by atoms with Gasteiger partial charge in [-0.3, -0.25) is 0 Å². The van der Waals surface area contributed by atoms with Crippen LogP contribution >= 0.6 is 0 Å². The van der Waals surface area contributed by atoms with Crippen LogP contribution in [0.2, 0.25) is 0 Å². The molecular weight excluding hydrogens is 220 g/mol. The Hall–Kier alpha value is -1.18. The Morgan fingerprint density at radius 1 is 1.17 bits per heavy atom. The predicted octanol–water partition coefficient (Wildman–Crippen LogP) is 3.99. The van der Waals surface area contributed by atoms with Crippen LogP contribution in [0.25, 0.3) is 0 Å². The van der Waals surface area contributed by atoms with E-state index in [9.17, 15) is 0 Å². The van der Waals surface area contributed by atoms with Crippen LogP contribution < -0.4 is 10.6 Å². The molecule has 0 radical (unpaired) electrons. The van der Waals surface area contributed by atoms with E-state index in [4.69, 9.17) is 5.73 Å². The molecule has 0 unspecified atom stereocenters. The molecule has 0 saturated carbocycles. The lowest BCUT2D eigenvalue weighted by Gasteiger charge is -2.31. The Morgan fingerprint density at radius 2 is 2.00 bits per heavy atom. The Labute approximate surface area is 111 Å². The molecule has 0 amide bonds. The smallest absolute Gasteiger partial charge is 0.0419 e. The second-order valence-corrected chi connectivity index (χ2v) is 5.39. The fraction of sp³-hybridized carbons (Fsp3) is 0.625. The first-order chi connectivity index (χ1) is 8.81. The number of hydrogen-bond donors (Lipinski definition) is 1. The van der Waals surface area contributed by atoms with Crippen LogP contribution in [-0.4, -0.2) is 13.1 Å². The van der Waals surface area contributed by atoms with Crippen LogP contribution in [0.4, 0.5) is 11.4 Å². The summed E-state index contributed by atoms with van der Waals surface area (Å²) in [5.41, 5.74) is 9.67. The zero-order valence-corrected chi connectivity index (χ0v) is 11.6. The molecule has 1 aliphatic heterocycles. The van der Waals surface area contributed by atoms with Crippen LogP contribution in [0, 0.1) is 0 Å². The van der Waals surface area contributed by atoms with Crippen molar-refractivity contribution in [3.05, 3.63) is 23.8 Å². The monoisotopic (exact) mass is 246 g/mol. The van der Waals surface area contributed by atoms with Gasteiger partial charge in [-0.2, -0.15) is 0 Å². The highest BCUT2D eigenvalue weighted by atomic mass is 15.1. The average molecular weight is 246 g/mol. The van der Waals surface area contributed by atoms with Crippen LogP contribution in [0.1, 0.15) is 51.0 Å². The molecule has 0 bridgehead atoms. The first kappa shape index (κ1) is 13.3. The first-order valence-corrected chi connectivity index (χ1v) is 7.44. The zero-order valence-electron chi connectivity index (χ0n) is 11.6. The summed E-state index contributed by atoms with van der Waals surface area (Å²) in [6.07, 6.45) is 9.25. The van der Waals surface area contributed by atoms with E-state index in [0.29, 0.717) is 0 Å². The Bertz CT molecular complexity index is 373. The molecule has 18 heavy (non-hydrogen) atoms. The lowest BCUT2D eigenvalue weighted by atomic mass is 10.0. The van der Waals surface area contributed by atoms with E-state index >= 15 is 0 Å². The van der Waals surface area contributed by atoms with Gasteiger partial charge in [0.1, 0.15) is 0 Å². The third-order valence-electron chi connectivity index (χ3n) is 3.86. The van der Waals surface area contributed by atoms with Crippen molar-refractivity contribution in [2.24, 2.45) is 0 Å². The fourth-order valence-electron chi connectivity index (χ4n) is 2.81. The van der Waals surface area contributed by atoms with Crippen molar-refractivity contribution in [3.63, 3.8) is 0 Å². The number of nitrogens with two attached hydrogens (primary N) is 1. The maximum atomic E-state index is 5.91. The number of nitrogens with zero attached hydrogens (tertiary/aromatic N) is 1. The van der Waals surface area contributed by atoms with Gasteiger partial charge in [0.15, 0.2) is 0 Å². The van der Waals surface area contributed by atoms with E-state index in [0.717, 1.165) is 5.69 Å². The highest BCUT2D eigenvalue weighted by Crippen LogP contribution is 2.29. The van der Waals surface area contributed by atoms with Gasteiger partial charge in [0.05, 0.1) is 0 Å². The molecule has 1 aromatic rings. The van der Waals surface area contributed by atoms with Crippen molar-refractivity contribution in [3.8, 4) is 0 Å². The molecule has 2 N–H and O–H groups in total. The number of fused-ring (bicyclic) bond motifs is 1. The quantitative estimate of drug-likeness (QED) is 0.607. The SMILES string of the molecule is CCCCCCCN1CCCc2ccc(N)cc21. The normalized spacial score (nSPS) is 14.6. The summed E-state index contributed by atoms with van der Waals surface area (Å²) in [5.74, 6) is 0. The molecule has 2 rings (SSSR count). The predicted molar refractivity (Wildman–Crippen MR) is 80.1 cm³/mol. The summed E-state index contributed by atoms with van der Waals surface area (Å²) in [6.45, 7) is 4.66. The zero-order chi connectivity index (χ0) is 12.8. The molecule has 1 aliphatic rings. The third kappa shape index (κ3) is 3.41. The van der Waals surface area contributed by atoms with Gasteiger partial charge in [-0.05, 0) is 37.0 Å². The number of unbranched alkanes of at least 4 members (excludes halogenated alkanes) is 4. The fourth-order valence-corrected chi connectivity index (χ4v) is 2.81. The molecular formula is C16H26N2. The van der Waals surface area contributed by atoms with E-state index in [-0.39, 0.29) is 0 Å². The molecule has 1 heterocycles. The van der Waals surface area contributed by atoms with Crippen molar-refractivity contribution in [2.75, 3.05) is 23.7 Å². The number of rotatable bonds is 6. The van der Waals surface area contributed by atoms with Crippen molar-refractivity contribution in [2.45, 2.75) is 51.9 Å². The van der Waals surface area contributed by atoms with Crippen molar-refractivity contribution in [1.82, 2.24) is 0 Å². The van der Waals surface area contributed by atoms with Crippen LogP contribution in [0.15, 0.2) is 18.2 Å². The summed E-state index contributed by atoms with van der Waals surface area (Å²) in [7, 11) is 0. The minimum absolute atomic E-state index is 0.895. The van der Waals surface area contributed by atoms with Gasteiger partial charge < -0.3 is 10.6 Å². The number of aryl methyl sites for hydroxylation is 1. The largest absolute Gasteiger partial charge is 0.399 e. The Balaban J connectivity index is 1.89. The van der Waals surface area contributed by atoms with Gasteiger partial charge in [0.2, 0.25) is 0 Å². The van der Waals surface area contributed by atoms with Gasteiger partial charge in [0.25, 0.3) is 0 Å². The summed E-state index contributed by atoms with van der Waals surface area (Å²) >= 11 is 0. The lowest BCUT2D eigenvalue weighted by molar-refractivity contribution is 0.602. The van der Waals surface area contributed by atoms with Gasteiger partial charge in [-0.15, -0.1) is 0 Å². The van der Waals surface area contributed by atoms with Crippen molar-refractivity contribution >= 4 is 11.4 Å². The molecule has 2 heteroatoms. The van der Waals surface area contributed by atoms with Gasteiger partial charge >= 0.3 is 0 Å². The number of nitrogen functional groups attached to an aromatic ring is 1. The molecule has 0 spiro atoms. The lowest BCUT2D eigenvalue weighted by Crippen LogP contribution is -2.30. The van der Waals surface area contributed by atoms with Crippen molar-refractivity contribution in [1.29, 1.82) is 0 Å². The second kappa shape index (κ2) is 6.67. The Morgan fingerprint density at radius 3 is 2.83 bits per heavy atom. The molecule has 0 fully saturated rings. The first-order valence-electron chi connectivity index (χ1n) is 7.44. The molecule has 100 valence electrons. The summed E-state index contributed by atoms with van der Waals surface area (Å²) in [4.78, 5) is 2.53. The topological polar surface area (TPSA) is 29.3 Å². The standard InChI is InChI=1S/C16H26N2/c1-2-3-4-5-6-11-18-12-7-8-14-9-10-15(17)13-16(14)18/h9-10,13H,2-8,11-12,17H2,1H3.